The fourth-order valence-corrected chi connectivity index (χ4v) is 2.96. The van der Waals surface area contributed by atoms with Gasteiger partial charge in [-0.3, -0.25) is 4.98 Å². The van der Waals surface area contributed by atoms with Crippen LogP contribution in [0, 0.1) is 5.41 Å². The van der Waals surface area contributed by atoms with Crippen LogP contribution in [0.3, 0.4) is 0 Å². The summed E-state index contributed by atoms with van der Waals surface area (Å²) in [5.41, 5.74) is 2.51. The molecule has 6 nitrogen and oxygen atoms in total. The van der Waals surface area contributed by atoms with E-state index in [0.717, 1.165) is 22.1 Å². The van der Waals surface area contributed by atoms with Crippen LogP contribution in [0.25, 0.3) is 11.0 Å². The number of nitrogens with zero attached hydrogens (tertiary/aromatic N) is 5. The van der Waals surface area contributed by atoms with Gasteiger partial charge in [0.1, 0.15) is 23.0 Å². The fraction of sp³-hybridized carbons (Fsp3) is 0.375. The van der Waals surface area contributed by atoms with Crippen molar-refractivity contribution in [3.05, 3.63) is 39.8 Å². The first kappa shape index (κ1) is 17.1. The van der Waals surface area contributed by atoms with Crippen molar-refractivity contribution in [3.63, 3.8) is 0 Å². The summed E-state index contributed by atoms with van der Waals surface area (Å²) in [5.74, 6) is 0.673. The van der Waals surface area contributed by atoms with Gasteiger partial charge in [-0.2, -0.15) is 0 Å². The van der Waals surface area contributed by atoms with Crippen LogP contribution < -0.4 is 4.74 Å². The molecule has 1 aromatic carbocycles. The molecule has 126 valence electrons. The first-order valence-electron chi connectivity index (χ1n) is 7.44. The summed E-state index contributed by atoms with van der Waals surface area (Å²) in [6.07, 6.45) is 3.11. The highest BCUT2D eigenvalue weighted by molar-refractivity contribution is 9.10. The number of hydrogen-bond donors (Lipinski definition) is 0. The van der Waals surface area contributed by atoms with Crippen LogP contribution >= 0.6 is 27.5 Å². The molecule has 0 N–H and O–H groups in total. The van der Waals surface area contributed by atoms with Crippen molar-refractivity contribution in [3.8, 4) is 5.75 Å². The Bertz CT molecular complexity index is 875. The molecule has 0 spiro atoms. The second-order valence-corrected chi connectivity index (χ2v) is 7.86. The summed E-state index contributed by atoms with van der Waals surface area (Å²) in [6, 6.07) is 3.86. The van der Waals surface area contributed by atoms with Crippen LogP contribution in [0.15, 0.2) is 29.0 Å². The maximum Gasteiger partial charge on any atom is 0.147 e. The van der Waals surface area contributed by atoms with Crippen molar-refractivity contribution in [2.24, 2.45) is 5.41 Å². The van der Waals surface area contributed by atoms with E-state index in [-0.39, 0.29) is 12.0 Å². The number of benzene rings is 1. The molecule has 0 fully saturated rings. The van der Waals surface area contributed by atoms with Crippen LogP contribution in [0.4, 0.5) is 0 Å². The second-order valence-electron chi connectivity index (χ2n) is 6.67. The highest BCUT2D eigenvalue weighted by Gasteiger charge is 2.17. The molecule has 24 heavy (non-hydrogen) atoms. The Hall–Kier alpha value is -1.73. The molecule has 0 aliphatic heterocycles. The Morgan fingerprint density at radius 1 is 1.25 bits per heavy atom. The number of hydrogen-bond acceptors (Lipinski definition) is 5. The van der Waals surface area contributed by atoms with Crippen molar-refractivity contribution in [1.29, 1.82) is 0 Å². The van der Waals surface area contributed by atoms with E-state index in [1.165, 1.54) is 6.20 Å². The Morgan fingerprint density at radius 3 is 2.75 bits per heavy atom. The van der Waals surface area contributed by atoms with E-state index in [9.17, 15) is 0 Å². The molecular weight excluding hydrogens is 394 g/mol. The molecule has 3 aromatic rings. The van der Waals surface area contributed by atoms with E-state index in [4.69, 9.17) is 16.3 Å². The normalized spacial score (nSPS) is 11.9. The molecule has 0 atom stereocenters. The van der Waals surface area contributed by atoms with Gasteiger partial charge in [0.25, 0.3) is 0 Å². The summed E-state index contributed by atoms with van der Waals surface area (Å²) in [6.45, 7) is 7.55. The van der Waals surface area contributed by atoms with Gasteiger partial charge in [0.05, 0.1) is 28.1 Å². The third-order valence-corrected chi connectivity index (χ3v) is 4.19. The van der Waals surface area contributed by atoms with E-state index in [1.54, 1.807) is 6.20 Å². The number of aromatic nitrogens is 5. The van der Waals surface area contributed by atoms with Crippen molar-refractivity contribution < 1.29 is 4.74 Å². The average Bonchev–Trinajstić information content (AvgIpc) is 2.89. The van der Waals surface area contributed by atoms with Crippen LogP contribution in [-0.2, 0) is 13.2 Å². The molecular formula is C16H17BrClN5O. The maximum absolute atomic E-state index is 5.83. The van der Waals surface area contributed by atoms with E-state index >= 15 is 0 Å². The third kappa shape index (κ3) is 3.84. The van der Waals surface area contributed by atoms with Crippen molar-refractivity contribution in [1.82, 2.24) is 25.0 Å². The van der Waals surface area contributed by atoms with Crippen molar-refractivity contribution in [2.45, 2.75) is 33.9 Å². The van der Waals surface area contributed by atoms with Gasteiger partial charge >= 0.3 is 0 Å². The first-order valence-corrected chi connectivity index (χ1v) is 8.61. The highest BCUT2D eigenvalue weighted by atomic mass is 79.9. The van der Waals surface area contributed by atoms with Crippen LogP contribution in [0.1, 0.15) is 26.5 Å². The molecule has 0 saturated carbocycles. The van der Waals surface area contributed by atoms with Crippen LogP contribution in [0.5, 0.6) is 5.75 Å². The summed E-state index contributed by atoms with van der Waals surface area (Å²) >= 11 is 9.39. The Morgan fingerprint density at radius 2 is 2.04 bits per heavy atom. The zero-order valence-corrected chi connectivity index (χ0v) is 16.0. The van der Waals surface area contributed by atoms with Gasteiger partial charge < -0.3 is 4.74 Å². The Kier molecular flexibility index (Phi) is 4.73. The Balaban J connectivity index is 1.84. The van der Waals surface area contributed by atoms with Gasteiger partial charge in [-0.15, -0.1) is 5.10 Å². The van der Waals surface area contributed by atoms with E-state index in [1.807, 2.05) is 16.8 Å². The molecule has 0 amide bonds. The van der Waals surface area contributed by atoms with Gasteiger partial charge in [-0.25, -0.2) is 9.67 Å². The zero-order valence-electron chi connectivity index (χ0n) is 13.6. The second kappa shape index (κ2) is 6.64. The summed E-state index contributed by atoms with van der Waals surface area (Å²) in [4.78, 5) is 8.15. The van der Waals surface area contributed by atoms with Gasteiger partial charge in [0, 0.05) is 6.54 Å². The van der Waals surface area contributed by atoms with Gasteiger partial charge in [-0.05, 0) is 33.5 Å². The maximum atomic E-state index is 5.83. The lowest BCUT2D eigenvalue weighted by Crippen LogP contribution is -2.16. The molecule has 0 radical (unpaired) electrons. The minimum Gasteiger partial charge on any atom is -0.486 e. The van der Waals surface area contributed by atoms with Crippen molar-refractivity contribution >= 4 is 38.6 Å². The highest BCUT2D eigenvalue weighted by Crippen LogP contribution is 2.33. The number of ether oxygens (including phenoxy) is 1. The van der Waals surface area contributed by atoms with Crippen molar-refractivity contribution in [2.75, 3.05) is 0 Å². The van der Waals surface area contributed by atoms with Gasteiger partial charge in [0.15, 0.2) is 0 Å². The quantitative estimate of drug-likeness (QED) is 0.643. The first-order chi connectivity index (χ1) is 11.3. The van der Waals surface area contributed by atoms with Gasteiger partial charge in [0.2, 0.25) is 0 Å². The lowest BCUT2D eigenvalue weighted by Gasteiger charge is -2.18. The lowest BCUT2D eigenvalue weighted by atomic mass is 9.97. The summed E-state index contributed by atoms with van der Waals surface area (Å²) in [5, 5.41) is 8.87. The largest absolute Gasteiger partial charge is 0.486 e. The number of halogens is 2. The summed E-state index contributed by atoms with van der Waals surface area (Å²) in [7, 11) is 0. The molecule has 0 unspecified atom stereocenters. The fourth-order valence-electron chi connectivity index (χ4n) is 2.26. The minimum absolute atomic E-state index is 0.119. The monoisotopic (exact) mass is 409 g/mol. The predicted octanol–water partition coefficient (Wildman–Crippen LogP) is 4.26. The predicted molar refractivity (Wildman–Crippen MR) is 96.1 cm³/mol. The number of rotatable bonds is 4. The molecule has 2 heterocycles. The topological polar surface area (TPSA) is 65.7 Å². The van der Waals surface area contributed by atoms with Crippen LogP contribution in [-0.4, -0.2) is 25.0 Å². The van der Waals surface area contributed by atoms with E-state index in [0.29, 0.717) is 16.6 Å². The summed E-state index contributed by atoms with van der Waals surface area (Å²) < 4.78 is 8.49. The molecule has 3 rings (SSSR count). The third-order valence-electron chi connectivity index (χ3n) is 3.24. The molecule has 2 aromatic heterocycles. The molecule has 8 heteroatoms. The molecule has 0 aliphatic rings. The smallest absolute Gasteiger partial charge is 0.147 e. The molecule has 0 aliphatic carbocycles. The van der Waals surface area contributed by atoms with E-state index < -0.39 is 0 Å². The SMILES string of the molecule is CC(C)(C)Cn1nnc2c(Br)c(OCc3cncc(Cl)n3)ccc21. The van der Waals surface area contributed by atoms with Crippen LogP contribution in [0.2, 0.25) is 5.15 Å². The zero-order chi connectivity index (χ0) is 17.3. The minimum atomic E-state index is 0.119. The Labute approximate surface area is 153 Å². The lowest BCUT2D eigenvalue weighted by molar-refractivity contribution is 0.299. The number of fused-ring (bicyclic) bond motifs is 1. The average molecular weight is 411 g/mol. The molecule has 0 saturated heterocycles. The standard InChI is InChI=1S/C16H17BrClN5O/c1-16(2,3)9-23-11-4-5-12(14(17)15(11)21-22-23)24-8-10-6-19-7-13(18)20-10/h4-7H,8-9H2,1-3H3. The van der Waals surface area contributed by atoms with Gasteiger partial charge in [-0.1, -0.05) is 37.6 Å². The molecule has 0 bridgehead atoms. The van der Waals surface area contributed by atoms with E-state index in [2.05, 4.69) is 57.0 Å².